The summed E-state index contributed by atoms with van der Waals surface area (Å²) in [6.07, 6.45) is 2.95. The predicted octanol–water partition coefficient (Wildman–Crippen LogP) is 0.414. The molecule has 1 aliphatic heterocycles. The van der Waals surface area contributed by atoms with Gasteiger partial charge in [-0.2, -0.15) is 4.72 Å². The van der Waals surface area contributed by atoms with E-state index in [0.29, 0.717) is 11.4 Å². The SMILES string of the molecule is O=S(=O)(NC(O)Cl)C1=CC=C2N=NN=C2C1. The highest BCUT2D eigenvalue weighted by Crippen LogP contribution is 2.24. The van der Waals surface area contributed by atoms with Gasteiger partial charge in [0.25, 0.3) is 0 Å². The number of nitrogens with zero attached hydrogens (tertiary/aromatic N) is 3. The number of fused-ring (bicyclic) bond motifs is 1. The molecule has 0 fully saturated rings. The van der Waals surface area contributed by atoms with Gasteiger partial charge in [0.05, 0.1) is 10.6 Å². The number of hydrogen-bond acceptors (Lipinski definition) is 6. The van der Waals surface area contributed by atoms with E-state index in [9.17, 15) is 8.42 Å². The fourth-order valence-corrected chi connectivity index (χ4v) is 2.61. The van der Waals surface area contributed by atoms with Gasteiger partial charge in [0.2, 0.25) is 10.0 Å². The maximum Gasteiger partial charge on any atom is 0.240 e. The fourth-order valence-electron chi connectivity index (χ4n) is 1.27. The third-order valence-electron chi connectivity index (χ3n) is 1.98. The summed E-state index contributed by atoms with van der Waals surface area (Å²) in [5.41, 5.74) is -0.631. The number of hydrogen-bond donors (Lipinski definition) is 2. The molecule has 0 bridgehead atoms. The van der Waals surface area contributed by atoms with Crippen molar-refractivity contribution >= 4 is 27.3 Å². The second-order valence-electron chi connectivity index (χ2n) is 3.05. The van der Waals surface area contributed by atoms with Crippen molar-refractivity contribution in [2.75, 3.05) is 0 Å². The Labute approximate surface area is 96.3 Å². The second-order valence-corrected chi connectivity index (χ2v) is 5.24. The lowest BCUT2D eigenvalue weighted by atomic mass is 10.1. The first-order valence-corrected chi connectivity index (χ1v) is 6.14. The van der Waals surface area contributed by atoms with Crippen molar-refractivity contribution in [1.29, 1.82) is 0 Å². The Morgan fingerprint density at radius 1 is 1.50 bits per heavy atom. The first kappa shape index (κ1) is 11.4. The molecule has 7 nitrogen and oxygen atoms in total. The first-order chi connectivity index (χ1) is 7.49. The summed E-state index contributed by atoms with van der Waals surface area (Å²) in [6.45, 7) is 0. The van der Waals surface area contributed by atoms with E-state index in [-0.39, 0.29) is 11.3 Å². The minimum Gasteiger partial charge on any atom is -0.364 e. The number of nitrogens with one attached hydrogen (secondary N) is 1. The molecular formula is C7H7ClN4O3S. The quantitative estimate of drug-likeness (QED) is 0.437. The van der Waals surface area contributed by atoms with Crippen molar-refractivity contribution in [2.45, 2.75) is 12.1 Å². The molecular weight excluding hydrogens is 256 g/mol. The van der Waals surface area contributed by atoms with Crippen LogP contribution in [0.1, 0.15) is 6.42 Å². The van der Waals surface area contributed by atoms with Crippen LogP contribution in [0.5, 0.6) is 0 Å². The zero-order valence-corrected chi connectivity index (χ0v) is 9.40. The average molecular weight is 263 g/mol. The molecule has 1 unspecified atom stereocenters. The summed E-state index contributed by atoms with van der Waals surface area (Å²) >= 11 is 5.15. The lowest BCUT2D eigenvalue weighted by Crippen LogP contribution is -2.32. The van der Waals surface area contributed by atoms with Gasteiger partial charge in [-0.25, -0.2) is 8.42 Å². The van der Waals surface area contributed by atoms with Crippen molar-refractivity contribution in [1.82, 2.24) is 4.72 Å². The molecule has 1 heterocycles. The topological polar surface area (TPSA) is 103 Å². The summed E-state index contributed by atoms with van der Waals surface area (Å²) in [6, 6.07) is 0. The van der Waals surface area contributed by atoms with Crippen LogP contribution in [0.4, 0.5) is 0 Å². The van der Waals surface area contributed by atoms with Gasteiger partial charge in [-0.05, 0) is 17.4 Å². The Hall–Kier alpha value is -1.09. The Bertz CT molecular complexity index is 532. The van der Waals surface area contributed by atoms with E-state index in [2.05, 4.69) is 15.4 Å². The second kappa shape index (κ2) is 4.06. The number of aliphatic hydroxyl groups excluding tert-OH is 1. The molecule has 2 aliphatic rings. The monoisotopic (exact) mass is 262 g/mol. The van der Waals surface area contributed by atoms with E-state index in [1.54, 1.807) is 0 Å². The van der Waals surface area contributed by atoms with Crippen LogP contribution in [0.3, 0.4) is 0 Å². The molecule has 1 aliphatic carbocycles. The molecule has 0 amide bonds. The predicted molar refractivity (Wildman–Crippen MR) is 57.0 cm³/mol. The van der Waals surface area contributed by atoms with Gasteiger partial charge >= 0.3 is 0 Å². The molecule has 86 valence electrons. The van der Waals surface area contributed by atoms with Crippen molar-refractivity contribution in [2.24, 2.45) is 15.4 Å². The van der Waals surface area contributed by atoms with Gasteiger partial charge in [-0.3, -0.25) is 0 Å². The van der Waals surface area contributed by atoms with Gasteiger partial charge < -0.3 is 5.11 Å². The van der Waals surface area contributed by atoms with Crippen molar-refractivity contribution < 1.29 is 13.5 Å². The average Bonchev–Trinajstić information content (AvgIpc) is 2.61. The van der Waals surface area contributed by atoms with Gasteiger partial charge in [-0.1, -0.05) is 11.6 Å². The van der Waals surface area contributed by atoms with Crippen molar-refractivity contribution in [3.63, 3.8) is 0 Å². The normalized spacial score (nSPS) is 21.0. The maximum absolute atomic E-state index is 11.6. The molecule has 0 saturated carbocycles. The summed E-state index contributed by atoms with van der Waals surface area (Å²) in [5.74, 6) is 0. The highest BCUT2D eigenvalue weighted by Gasteiger charge is 2.26. The number of rotatable bonds is 3. The van der Waals surface area contributed by atoms with E-state index in [1.807, 2.05) is 4.72 Å². The standard InChI is InChI=1S/C7H7ClN4O3S/c8-7(13)11-16(14,15)4-1-2-5-6(3-4)10-12-9-5/h1-2,7,11,13H,3H2. The highest BCUT2D eigenvalue weighted by molar-refractivity contribution is 7.93. The fraction of sp³-hybridized carbons (Fsp3) is 0.286. The smallest absolute Gasteiger partial charge is 0.240 e. The third kappa shape index (κ3) is 2.19. The minimum absolute atomic E-state index is 0.0574. The molecule has 0 aromatic rings. The Morgan fingerprint density at radius 2 is 2.25 bits per heavy atom. The van der Waals surface area contributed by atoms with Crippen molar-refractivity contribution in [3.05, 3.63) is 22.8 Å². The lowest BCUT2D eigenvalue weighted by molar-refractivity contribution is 0.246. The van der Waals surface area contributed by atoms with Gasteiger partial charge in [0, 0.05) is 6.42 Å². The number of allylic oxidation sites excluding steroid dienone is 4. The summed E-state index contributed by atoms with van der Waals surface area (Å²) in [5, 5.41) is 19.6. The van der Waals surface area contributed by atoms with Crippen LogP contribution in [-0.4, -0.2) is 24.9 Å². The number of sulfonamides is 1. The van der Waals surface area contributed by atoms with Gasteiger partial charge in [-0.15, -0.1) is 10.2 Å². The molecule has 0 aromatic heterocycles. The van der Waals surface area contributed by atoms with Crippen LogP contribution in [0.25, 0.3) is 0 Å². The van der Waals surface area contributed by atoms with Crippen LogP contribution in [-0.2, 0) is 10.0 Å². The van der Waals surface area contributed by atoms with Crippen LogP contribution >= 0.6 is 11.6 Å². The molecule has 16 heavy (non-hydrogen) atoms. The zero-order chi connectivity index (χ0) is 11.8. The van der Waals surface area contributed by atoms with Gasteiger partial charge in [0.15, 0.2) is 5.69 Å². The molecule has 0 aromatic carbocycles. The van der Waals surface area contributed by atoms with Crippen molar-refractivity contribution in [3.8, 4) is 0 Å². The number of alkyl halides is 1. The van der Waals surface area contributed by atoms with E-state index in [4.69, 9.17) is 16.7 Å². The molecule has 0 saturated heterocycles. The molecule has 0 radical (unpaired) electrons. The van der Waals surface area contributed by atoms with E-state index < -0.39 is 15.7 Å². The first-order valence-electron chi connectivity index (χ1n) is 4.22. The van der Waals surface area contributed by atoms with Crippen LogP contribution < -0.4 is 4.72 Å². The number of halogens is 1. The summed E-state index contributed by atoms with van der Waals surface area (Å²) < 4.78 is 25.1. The molecule has 9 heteroatoms. The van der Waals surface area contributed by atoms with Crippen LogP contribution in [0.15, 0.2) is 38.2 Å². The molecule has 1 atom stereocenters. The number of aliphatic hydroxyl groups is 1. The third-order valence-corrected chi connectivity index (χ3v) is 3.72. The zero-order valence-electron chi connectivity index (χ0n) is 7.83. The lowest BCUT2D eigenvalue weighted by Gasteiger charge is -2.13. The highest BCUT2D eigenvalue weighted by atomic mass is 35.5. The largest absolute Gasteiger partial charge is 0.364 e. The van der Waals surface area contributed by atoms with Crippen LogP contribution in [0.2, 0.25) is 0 Å². The summed E-state index contributed by atoms with van der Waals surface area (Å²) in [7, 11) is -3.80. The molecule has 2 N–H and O–H groups in total. The Balaban J connectivity index is 2.26. The maximum atomic E-state index is 11.6. The van der Waals surface area contributed by atoms with Crippen LogP contribution in [0, 0.1) is 0 Å². The molecule has 2 rings (SSSR count). The minimum atomic E-state index is -3.80. The Kier molecular flexibility index (Phi) is 2.89. The van der Waals surface area contributed by atoms with E-state index in [1.165, 1.54) is 12.2 Å². The molecule has 0 spiro atoms. The summed E-state index contributed by atoms with van der Waals surface area (Å²) in [4.78, 5) is 0.0574. The van der Waals surface area contributed by atoms with Gasteiger partial charge in [0.1, 0.15) is 5.70 Å². The Morgan fingerprint density at radius 3 is 2.94 bits per heavy atom. The van der Waals surface area contributed by atoms with E-state index in [0.717, 1.165) is 0 Å². The van der Waals surface area contributed by atoms with E-state index >= 15 is 0 Å².